The standard InChI is InChI=1S/C17H20N4O2/c1-13-15(17(22)23)11-18-16(19-13)12-20-7-9-21(10-8-20)14-5-3-2-4-6-14/h2-6,11H,7-10,12H2,1H3,(H,22,23). The van der Waals surface area contributed by atoms with Gasteiger partial charge in [0.15, 0.2) is 0 Å². The van der Waals surface area contributed by atoms with Crippen LogP contribution >= 0.6 is 0 Å². The molecule has 0 atom stereocenters. The summed E-state index contributed by atoms with van der Waals surface area (Å²) in [6, 6.07) is 10.4. The van der Waals surface area contributed by atoms with Gasteiger partial charge < -0.3 is 10.0 Å². The molecule has 1 fully saturated rings. The number of nitrogens with zero attached hydrogens (tertiary/aromatic N) is 4. The van der Waals surface area contributed by atoms with E-state index in [0.29, 0.717) is 18.1 Å². The maximum atomic E-state index is 11.0. The first-order chi connectivity index (χ1) is 11.1. The molecule has 1 aliphatic heterocycles. The van der Waals surface area contributed by atoms with Crippen molar-refractivity contribution >= 4 is 11.7 Å². The van der Waals surface area contributed by atoms with E-state index in [4.69, 9.17) is 5.11 Å². The van der Waals surface area contributed by atoms with Crippen LogP contribution in [0.5, 0.6) is 0 Å². The maximum Gasteiger partial charge on any atom is 0.339 e. The molecule has 0 radical (unpaired) electrons. The molecule has 0 saturated carbocycles. The van der Waals surface area contributed by atoms with Gasteiger partial charge in [-0.05, 0) is 19.1 Å². The van der Waals surface area contributed by atoms with Crippen molar-refractivity contribution in [2.45, 2.75) is 13.5 Å². The Morgan fingerprint density at radius 3 is 2.48 bits per heavy atom. The Kier molecular flexibility index (Phi) is 4.52. The zero-order valence-corrected chi connectivity index (χ0v) is 13.1. The van der Waals surface area contributed by atoms with E-state index in [2.05, 4.69) is 44.0 Å². The van der Waals surface area contributed by atoms with Crippen molar-refractivity contribution < 1.29 is 9.90 Å². The number of piperazine rings is 1. The summed E-state index contributed by atoms with van der Waals surface area (Å²) in [7, 11) is 0. The fourth-order valence-electron chi connectivity index (χ4n) is 2.80. The Balaban J connectivity index is 1.59. The highest BCUT2D eigenvalue weighted by Crippen LogP contribution is 2.16. The minimum absolute atomic E-state index is 0.169. The van der Waals surface area contributed by atoms with Gasteiger partial charge in [-0.3, -0.25) is 4.90 Å². The van der Waals surface area contributed by atoms with Gasteiger partial charge in [-0.2, -0.15) is 0 Å². The van der Waals surface area contributed by atoms with Crippen molar-refractivity contribution in [3.8, 4) is 0 Å². The highest BCUT2D eigenvalue weighted by molar-refractivity contribution is 5.88. The number of carboxylic acid groups (broad SMARTS) is 1. The second-order valence-corrected chi connectivity index (χ2v) is 5.69. The molecule has 2 aromatic rings. The molecule has 0 unspecified atom stereocenters. The largest absolute Gasteiger partial charge is 0.478 e. The number of aromatic nitrogens is 2. The molecule has 0 bridgehead atoms. The van der Waals surface area contributed by atoms with Crippen LogP contribution in [0.15, 0.2) is 36.5 Å². The van der Waals surface area contributed by atoms with Gasteiger partial charge in [0.2, 0.25) is 0 Å². The van der Waals surface area contributed by atoms with E-state index in [1.807, 2.05) is 6.07 Å². The van der Waals surface area contributed by atoms with Gasteiger partial charge in [0.05, 0.1) is 17.8 Å². The summed E-state index contributed by atoms with van der Waals surface area (Å²) in [6.07, 6.45) is 1.40. The molecule has 0 spiro atoms. The van der Waals surface area contributed by atoms with Gasteiger partial charge in [0.1, 0.15) is 5.82 Å². The number of rotatable bonds is 4. The Morgan fingerprint density at radius 1 is 1.17 bits per heavy atom. The Hall–Kier alpha value is -2.47. The first kappa shape index (κ1) is 15.4. The number of aryl methyl sites for hydroxylation is 1. The SMILES string of the molecule is Cc1nc(CN2CCN(c3ccccc3)CC2)ncc1C(=O)O. The fraction of sp³-hybridized carbons (Fsp3) is 0.353. The minimum Gasteiger partial charge on any atom is -0.478 e. The van der Waals surface area contributed by atoms with Crippen LogP contribution in [0.1, 0.15) is 21.9 Å². The molecule has 6 nitrogen and oxygen atoms in total. The zero-order chi connectivity index (χ0) is 16.2. The van der Waals surface area contributed by atoms with E-state index in [9.17, 15) is 4.79 Å². The average Bonchev–Trinajstić information content (AvgIpc) is 2.56. The fourth-order valence-corrected chi connectivity index (χ4v) is 2.80. The van der Waals surface area contributed by atoms with Gasteiger partial charge in [0, 0.05) is 38.1 Å². The molecule has 1 saturated heterocycles. The number of para-hydroxylation sites is 1. The van der Waals surface area contributed by atoms with Crippen LogP contribution in [0.3, 0.4) is 0 Å². The lowest BCUT2D eigenvalue weighted by Crippen LogP contribution is -2.46. The summed E-state index contributed by atoms with van der Waals surface area (Å²) in [5, 5.41) is 9.02. The quantitative estimate of drug-likeness (QED) is 0.928. The number of anilines is 1. The van der Waals surface area contributed by atoms with Gasteiger partial charge >= 0.3 is 5.97 Å². The van der Waals surface area contributed by atoms with E-state index in [1.165, 1.54) is 11.9 Å². The van der Waals surface area contributed by atoms with E-state index >= 15 is 0 Å². The van der Waals surface area contributed by atoms with E-state index < -0.39 is 5.97 Å². The van der Waals surface area contributed by atoms with Gasteiger partial charge in [0.25, 0.3) is 0 Å². The molecule has 1 aromatic heterocycles. The summed E-state index contributed by atoms with van der Waals surface area (Å²) in [6.45, 7) is 6.19. The molecule has 1 aliphatic rings. The number of carbonyl (C=O) groups is 1. The third-order valence-electron chi connectivity index (χ3n) is 4.12. The lowest BCUT2D eigenvalue weighted by Gasteiger charge is -2.35. The summed E-state index contributed by atoms with van der Waals surface area (Å²) < 4.78 is 0. The molecule has 0 aliphatic carbocycles. The van der Waals surface area contributed by atoms with Crippen molar-refractivity contribution in [2.24, 2.45) is 0 Å². The lowest BCUT2D eigenvalue weighted by molar-refractivity contribution is 0.0695. The number of benzene rings is 1. The van der Waals surface area contributed by atoms with Crippen molar-refractivity contribution in [1.82, 2.24) is 14.9 Å². The summed E-state index contributed by atoms with van der Waals surface area (Å²) in [4.78, 5) is 24.2. The Bertz CT molecular complexity index is 682. The Morgan fingerprint density at radius 2 is 1.87 bits per heavy atom. The monoisotopic (exact) mass is 312 g/mol. The second kappa shape index (κ2) is 6.75. The second-order valence-electron chi connectivity index (χ2n) is 5.69. The maximum absolute atomic E-state index is 11.0. The lowest BCUT2D eigenvalue weighted by atomic mass is 10.2. The molecule has 3 rings (SSSR count). The third-order valence-corrected chi connectivity index (χ3v) is 4.12. The number of carboxylic acids is 1. The zero-order valence-electron chi connectivity index (χ0n) is 13.1. The van der Waals surface area contributed by atoms with Crippen LogP contribution in [0.4, 0.5) is 5.69 Å². The van der Waals surface area contributed by atoms with Crippen LogP contribution in [-0.4, -0.2) is 52.1 Å². The Labute approximate surface area is 135 Å². The predicted octanol–water partition coefficient (Wildman–Crippen LogP) is 1.81. The average molecular weight is 312 g/mol. The minimum atomic E-state index is -0.981. The summed E-state index contributed by atoms with van der Waals surface area (Å²) in [5.41, 5.74) is 1.94. The predicted molar refractivity (Wildman–Crippen MR) is 87.7 cm³/mol. The van der Waals surface area contributed by atoms with Crippen LogP contribution < -0.4 is 4.90 Å². The number of aromatic carboxylic acids is 1. The molecule has 1 aromatic carbocycles. The third kappa shape index (κ3) is 3.65. The normalized spacial score (nSPS) is 15.6. The van der Waals surface area contributed by atoms with Crippen molar-refractivity contribution in [2.75, 3.05) is 31.1 Å². The summed E-state index contributed by atoms with van der Waals surface area (Å²) in [5.74, 6) is -0.300. The van der Waals surface area contributed by atoms with Crippen LogP contribution in [0, 0.1) is 6.92 Å². The van der Waals surface area contributed by atoms with Gasteiger partial charge in [-0.25, -0.2) is 14.8 Å². The molecule has 6 heteroatoms. The molecule has 0 amide bonds. The van der Waals surface area contributed by atoms with Crippen molar-refractivity contribution in [1.29, 1.82) is 0 Å². The van der Waals surface area contributed by atoms with E-state index in [-0.39, 0.29) is 5.56 Å². The van der Waals surface area contributed by atoms with Crippen molar-refractivity contribution in [3.05, 3.63) is 53.6 Å². The topological polar surface area (TPSA) is 69.6 Å². The van der Waals surface area contributed by atoms with Gasteiger partial charge in [-0.1, -0.05) is 18.2 Å². The molecule has 120 valence electrons. The molecular formula is C17H20N4O2. The van der Waals surface area contributed by atoms with Crippen LogP contribution in [0.2, 0.25) is 0 Å². The van der Waals surface area contributed by atoms with Crippen LogP contribution in [-0.2, 0) is 6.54 Å². The van der Waals surface area contributed by atoms with E-state index in [1.54, 1.807) is 6.92 Å². The molecular weight excluding hydrogens is 292 g/mol. The van der Waals surface area contributed by atoms with E-state index in [0.717, 1.165) is 26.2 Å². The molecule has 2 heterocycles. The molecule has 1 N–H and O–H groups in total. The number of hydrogen-bond acceptors (Lipinski definition) is 5. The van der Waals surface area contributed by atoms with Crippen molar-refractivity contribution in [3.63, 3.8) is 0 Å². The van der Waals surface area contributed by atoms with Gasteiger partial charge in [-0.15, -0.1) is 0 Å². The first-order valence-corrected chi connectivity index (χ1v) is 7.71. The molecule has 23 heavy (non-hydrogen) atoms. The first-order valence-electron chi connectivity index (χ1n) is 7.71. The highest BCUT2D eigenvalue weighted by atomic mass is 16.4. The number of hydrogen-bond donors (Lipinski definition) is 1. The highest BCUT2D eigenvalue weighted by Gasteiger charge is 2.18. The smallest absolute Gasteiger partial charge is 0.339 e. The summed E-state index contributed by atoms with van der Waals surface area (Å²) >= 11 is 0. The van der Waals surface area contributed by atoms with Crippen LogP contribution in [0.25, 0.3) is 0 Å².